The SMILES string of the molecule is O=C(O)CCC(O)(C(=O)O)N(O)O. The van der Waals surface area contributed by atoms with Crippen LogP contribution in [0.2, 0.25) is 0 Å². The van der Waals surface area contributed by atoms with E-state index in [9.17, 15) is 9.59 Å². The first-order valence-corrected chi connectivity index (χ1v) is 3.16. The molecule has 0 bridgehead atoms. The van der Waals surface area contributed by atoms with E-state index in [0.29, 0.717) is 0 Å². The van der Waals surface area contributed by atoms with Crippen LogP contribution < -0.4 is 0 Å². The number of rotatable bonds is 5. The van der Waals surface area contributed by atoms with Crippen LogP contribution in [0.5, 0.6) is 0 Å². The first kappa shape index (κ1) is 11.8. The van der Waals surface area contributed by atoms with Gasteiger partial charge in [-0.1, -0.05) is 0 Å². The Hall–Kier alpha value is -1.22. The topological polar surface area (TPSA) is 139 Å². The smallest absolute Gasteiger partial charge is 0.356 e. The third kappa shape index (κ3) is 2.95. The van der Waals surface area contributed by atoms with Crippen LogP contribution in [-0.4, -0.2) is 48.6 Å². The van der Waals surface area contributed by atoms with Crippen LogP contribution in [0, 0.1) is 0 Å². The zero-order valence-corrected chi connectivity index (χ0v) is 6.41. The first-order valence-electron chi connectivity index (χ1n) is 3.16. The molecule has 0 spiro atoms. The molecule has 0 aliphatic carbocycles. The molecule has 1 atom stereocenters. The molecular formula is C5H9NO7. The number of hydroxylamine groups is 2. The minimum atomic E-state index is -2.99. The highest BCUT2D eigenvalue weighted by atomic mass is 16.8. The van der Waals surface area contributed by atoms with E-state index >= 15 is 0 Å². The molecule has 0 saturated carbocycles. The van der Waals surface area contributed by atoms with Gasteiger partial charge in [-0.25, -0.2) is 4.79 Å². The van der Waals surface area contributed by atoms with Crippen molar-refractivity contribution in [2.75, 3.05) is 0 Å². The lowest BCUT2D eigenvalue weighted by molar-refractivity contribution is -0.403. The molecule has 0 fully saturated rings. The molecule has 0 heterocycles. The molecule has 0 rings (SSSR count). The van der Waals surface area contributed by atoms with Crippen LogP contribution >= 0.6 is 0 Å². The van der Waals surface area contributed by atoms with Gasteiger partial charge in [0.1, 0.15) is 0 Å². The quantitative estimate of drug-likeness (QED) is 0.269. The molecule has 0 aromatic heterocycles. The van der Waals surface area contributed by atoms with E-state index < -0.39 is 35.7 Å². The van der Waals surface area contributed by atoms with E-state index in [0.717, 1.165) is 0 Å². The molecule has 0 aromatic rings. The minimum absolute atomic E-state index is 0.708. The van der Waals surface area contributed by atoms with Crippen molar-refractivity contribution in [1.82, 2.24) is 5.23 Å². The summed E-state index contributed by atoms with van der Waals surface area (Å²) < 4.78 is 0. The summed E-state index contributed by atoms with van der Waals surface area (Å²) in [4.78, 5) is 20.3. The largest absolute Gasteiger partial charge is 0.481 e. The maximum Gasteiger partial charge on any atom is 0.356 e. The molecule has 0 amide bonds. The van der Waals surface area contributed by atoms with E-state index in [1.807, 2.05) is 0 Å². The second-order valence-electron chi connectivity index (χ2n) is 2.30. The van der Waals surface area contributed by atoms with E-state index in [1.165, 1.54) is 0 Å². The lowest BCUT2D eigenvalue weighted by atomic mass is 10.1. The lowest BCUT2D eigenvalue weighted by Crippen LogP contribution is -2.52. The van der Waals surface area contributed by atoms with E-state index in [1.54, 1.807) is 0 Å². The monoisotopic (exact) mass is 195 g/mol. The second-order valence-corrected chi connectivity index (χ2v) is 2.30. The number of carbonyl (C=O) groups is 2. The van der Waals surface area contributed by atoms with Gasteiger partial charge in [-0.05, 0) is 5.23 Å². The Morgan fingerprint density at radius 1 is 1.23 bits per heavy atom. The standard InChI is InChI=1S/C5H9NO7/c7-3(8)1-2-5(11,4(9)10)6(12)13/h11-13H,1-2H2,(H,7,8)(H,9,10). The summed E-state index contributed by atoms with van der Waals surface area (Å²) in [6.45, 7) is 0. The van der Waals surface area contributed by atoms with Crippen molar-refractivity contribution in [3.63, 3.8) is 0 Å². The summed E-state index contributed by atoms with van der Waals surface area (Å²) in [5.41, 5.74) is -2.99. The first-order chi connectivity index (χ1) is 5.80. The fraction of sp³-hybridized carbons (Fsp3) is 0.600. The summed E-state index contributed by atoms with van der Waals surface area (Å²) in [5, 5.41) is 41.2. The van der Waals surface area contributed by atoms with Crippen molar-refractivity contribution >= 4 is 11.9 Å². The van der Waals surface area contributed by atoms with Crippen LogP contribution in [0.3, 0.4) is 0 Å². The minimum Gasteiger partial charge on any atom is -0.481 e. The van der Waals surface area contributed by atoms with Crippen molar-refractivity contribution in [2.45, 2.75) is 18.6 Å². The van der Waals surface area contributed by atoms with Crippen LogP contribution in [-0.2, 0) is 9.59 Å². The molecular weight excluding hydrogens is 186 g/mol. The number of hydrogen-bond acceptors (Lipinski definition) is 6. The average molecular weight is 195 g/mol. The molecule has 0 aromatic carbocycles. The van der Waals surface area contributed by atoms with Crippen LogP contribution in [0.1, 0.15) is 12.8 Å². The van der Waals surface area contributed by atoms with Crippen molar-refractivity contribution in [3.8, 4) is 0 Å². The molecule has 0 aliphatic heterocycles. The maximum atomic E-state index is 10.3. The lowest BCUT2D eigenvalue weighted by Gasteiger charge is -2.25. The van der Waals surface area contributed by atoms with Gasteiger partial charge in [0.05, 0.1) is 6.42 Å². The van der Waals surface area contributed by atoms with Crippen molar-refractivity contribution in [3.05, 3.63) is 0 Å². The summed E-state index contributed by atoms with van der Waals surface area (Å²) in [6.07, 6.45) is -1.55. The summed E-state index contributed by atoms with van der Waals surface area (Å²) in [7, 11) is 0. The van der Waals surface area contributed by atoms with Crippen LogP contribution in [0.25, 0.3) is 0 Å². The average Bonchev–Trinajstić information content (AvgIpc) is 1.99. The van der Waals surface area contributed by atoms with Crippen molar-refractivity contribution < 1.29 is 35.3 Å². The highest BCUT2D eigenvalue weighted by molar-refractivity contribution is 5.77. The van der Waals surface area contributed by atoms with Gasteiger partial charge < -0.3 is 15.3 Å². The molecule has 0 saturated heterocycles. The van der Waals surface area contributed by atoms with Crippen molar-refractivity contribution in [1.29, 1.82) is 0 Å². The van der Waals surface area contributed by atoms with Gasteiger partial charge >= 0.3 is 11.9 Å². The summed E-state index contributed by atoms with van der Waals surface area (Å²) >= 11 is 0. The van der Waals surface area contributed by atoms with Crippen molar-refractivity contribution in [2.24, 2.45) is 0 Å². The molecule has 76 valence electrons. The fourth-order valence-corrected chi connectivity index (χ4v) is 0.574. The Balaban J connectivity index is 4.43. The highest BCUT2D eigenvalue weighted by Gasteiger charge is 2.42. The number of carboxylic acids is 2. The Kier molecular flexibility index (Phi) is 3.75. The van der Waals surface area contributed by atoms with Gasteiger partial charge in [-0.2, -0.15) is 0 Å². The molecule has 0 aliphatic rings. The number of carboxylic acid groups (broad SMARTS) is 2. The summed E-state index contributed by atoms with van der Waals surface area (Å²) in [6, 6.07) is 0. The zero-order valence-electron chi connectivity index (χ0n) is 6.41. The van der Waals surface area contributed by atoms with Gasteiger partial charge in [0.25, 0.3) is 5.72 Å². The molecule has 8 nitrogen and oxygen atoms in total. The Labute approximate surface area is 72.2 Å². The Morgan fingerprint density at radius 2 is 1.69 bits per heavy atom. The molecule has 13 heavy (non-hydrogen) atoms. The molecule has 0 radical (unpaired) electrons. The predicted octanol–water partition coefficient (Wildman–Crippen LogP) is -1.30. The van der Waals surface area contributed by atoms with Gasteiger partial charge in [0.15, 0.2) is 0 Å². The van der Waals surface area contributed by atoms with E-state index in [-0.39, 0.29) is 0 Å². The number of hydrogen-bond donors (Lipinski definition) is 5. The van der Waals surface area contributed by atoms with Crippen LogP contribution in [0.15, 0.2) is 0 Å². The zero-order chi connectivity index (χ0) is 10.6. The van der Waals surface area contributed by atoms with Gasteiger partial charge in [0.2, 0.25) is 0 Å². The van der Waals surface area contributed by atoms with E-state index in [4.69, 9.17) is 25.7 Å². The summed E-state index contributed by atoms with van der Waals surface area (Å²) in [5.74, 6) is -3.31. The molecule has 1 unspecified atom stereocenters. The second kappa shape index (κ2) is 4.14. The molecule has 5 N–H and O–H groups in total. The third-order valence-corrected chi connectivity index (χ3v) is 1.36. The highest BCUT2D eigenvalue weighted by Crippen LogP contribution is 2.15. The predicted molar refractivity (Wildman–Crippen MR) is 34.9 cm³/mol. The fourth-order valence-electron chi connectivity index (χ4n) is 0.574. The maximum absolute atomic E-state index is 10.3. The Bertz CT molecular complexity index is 215. The number of nitrogens with zero attached hydrogens (tertiary/aromatic N) is 1. The van der Waals surface area contributed by atoms with E-state index in [2.05, 4.69) is 0 Å². The number of aliphatic carboxylic acids is 2. The number of aliphatic hydroxyl groups is 1. The van der Waals surface area contributed by atoms with Crippen LogP contribution in [0.4, 0.5) is 0 Å². The normalized spacial score (nSPS) is 15.4. The third-order valence-electron chi connectivity index (χ3n) is 1.36. The van der Waals surface area contributed by atoms with Gasteiger partial charge in [0, 0.05) is 6.42 Å². The van der Waals surface area contributed by atoms with Gasteiger partial charge in [-0.3, -0.25) is 15.2 Å². The molecule has 8 heteroatoms. The Morgan fingerprint density at radius 3 is 1.92 bits per heavy atom. The van der Waals surface area contributed by atoms with Gasteiger partial charge in [-0.15, -0.1) is 0 Å².